The lowest BCUT2D eigenvalue weighted by molar-refractivity contribution is 0.210. The molecule has 13 heavy (non-hydrogen) atoms. The Morgan fingerprint density at radius 1 is 1.23 bits per heavy atom. The van der Waals surface area contributed by atoms with Gasteiger partial charge in [-0.2, -0.15) is 0 Å². The summed E-state index contributed by atoms with van der Waals surface area (Å²) in [6.45, 7) is 0. The number of benzene rings is 1. The third-order valence-electron chi connectivity index (χ3n) is 1.69. The van der Waals surface area contributed by atoms with Crippen molar-refractivity contribution in [1.82, 2.24) is 4.12 Å². The zero-order chi connectivity index (χ0) is 9.26. The Morgan fingerprint density at radius 2 is 1.92 bits per heavy atom. The van der Waals surface area contributed by atoms with Gasteiger partial charge >= 0.3 is 0 Å². The predicted octanol–water partition coefficient (Wildman–Crippen LogP) is 1.81. The number of aromatic nitrogens is 1. The van der Waals surface area contributed by atoms with Gasteiger partial charge < -0.3 is 5.21 Å². The highest BCUT2D eigenvalue weighted by Gasteiger charge is 2.03. The van der Waals surface area contributed by atoms with Crippen molar-refractivity contribution in [3.8, 4) is 10.4 Å². The molecule has 1 aromatic carbocycles. The molecule has 0 aliphatic carbocycles. The second-order valence-corrected chi connectivity index (χ2v) is 3.55. The van der Waals surface area contributed by atoms with Gasteiger partial charge in [0, 0.05) is 6.07 Å². The molecule has 0 aliphatic heterocycles. The van der Waals surface area contributed by atoms with E-state index in [2.05, 4.69) is 0 Å². The lowest BCUT2D eigenvalue weighted by Gasteiger charge is -1.92. The van der Waals surface area contributed by atoms with Crippen LogP contribution in [-0.2, 0) is 0 Å². The summed E-state index contributed by atoms with van der Waals surface area (Å²) >= 11 is 1.03. The van der Waals surface area contributed by atoms with Crippen LogP contribution < -0.4 is 5.56 Å². The molecule has 0 saturated carbocycles. The first-order valence-corrected chi connectivity index (χ1v) is 4.53. The summed E-state index contributed by atoms with van der Waals surface area (Å²) in [6, 6.07) is 10.9. The van der Waals surface area contributed by atoms with Gasteiger partial charge in [0.15, 0.2) is 0 Å². The molecule has 3 nitrogen and oxygen atoms in total. The van der Waals surface area contributed by atoms with Crippen LogP contribution in [0.25, 0.3) is 10.4 Å². The van der Waals surface area contributed by atoms with Crippen LogP contribution in [0, 0.1) is 0 Å². The molecular formula is C9H7NO2S. The van der Waals surface area contributed by atoms with Crippen molar-refractivity contribution < 1.29 is 5.21 Å². The lowest BCUT2D eigenvalue weighted by Crippen LogP contribution is -2.06. The molecular weight excluding hydrogens is 186 g/mol. The highest BCUT2D eigenvalue weighted by molar-refractivity contribution is 7.09. The molecule has 0 aliphatic rings. The monoisotopic (exact) mass is 193 g/mol. The van der Waals surface area contributed by atoms with Gasteiger partial charge in [-0.15, -0.1) is 0 Å². The largest absolute Gasteiger partial charge is 0.415 e. The van der Waals surface area contributed by atoms with Crippen molar-refractivity contribution in [1.29, 1.82) is 0 Å². The number of hydrogen-bond acceptors (Lipinski definition) is 3. The molecule has 66 valence electrons. The Bertz CT molecular complexity index is 458. The van der Waals surface area contributed by atoms with E-state index < -0.39 is 0 Å². The summed E-state index contributed by atoms with van der Waals surface area (Å²) in [6.07, 6.45) is 0. The van der Waals surface area contributed by atoms with Gasteiger partial charge in [-0.3, -0.25) is 4.79 Å². The van der Waals surface area contributed by atoms with Crippen LogP contribution in [-0.4, -0.2) is 9.33 Å². The van der Waals surface area contributed by atoms with Crippen molar-refractivity contribution in [3.05, 3.63) is 46.8 Å². The molecule has 2 rings (SSSR count). The van der Waals surface area contributed by atoms with Gasteiger partial charge in [0.1, 0.15) is 0 Å². The summed E-state index contributed by atoms with van der Waals surface area (Å²) in [5.74, 6) is 0. The fraction of sp³-hybridized carbons (Fsp3) is 0. The van der Waals surface area contributed by atoms with Crippen LogP contribution in [0.5, 0.6) is 0 Å². The van der Waals surface area contributed by atoms with Crippen LogP contribution in [0.1, 0.15) is 0 Å². The maximum Gasteiger partial charge on any atom is 0.295 e. The third-order valence-corrected chi connectivity index (χ3v) is 2.59. The summed E-state index contributed by atoms with van der Waals surface area (Å²) in [5.41, 5.74) is 0.557. The highest BCUT2D eigenvalue weighted by Crippen LogP contribution is 2.20. The Kier molecular flexibility index (Phi) is 1.90. The summed E-state index contributed by atoms with van der Waals surface area (Å²) in [7, 11) is 0. The van der Waals surface area contributed by atoms with Crippen molar-refractivity contribution >= 4 is 11.5 Å². The van der Waals surface area contributed by atoms with Crippen LogP contribution in [0.2, 0.25) is 0 Å². The molecule has 1 heterocycles. The van der Waals surface area contributed by atoms with Gasteiger partial charge in [-0.25, -0.2) is 0 Å². The minimum atomic E-state index is -0.385. The standard InChI is InChI=1S/C9H7NO2S/c11-9-6-8(13-10(9)12)7-4-2-1-3-5-7/h1-6,12H. The molecule has 0 unspecified atom stereocenters. The van der Waals surface area contributed by atoms with Crippen LogP contribution in [0.15, 0.2) is 41.2 Å². The van der Waals surface area contributed by atoms with Crippen LogP contribution in [0.3, 0.4) is 0 Å². The molecule has 0 atom stereocenters. The van der Waals surface area contributed by atoms with Gasteiger partial charge in [-0.05, 0) is 17.1 Å². The van der Waals surface area contributed by atoms with Gasteiger partial charge in [0.2, 0.25) is 0 Å². The third kappa shape index (κ3) is 1.48. The van der Waals surface area contributed by atoms with Crippen molar-refractivity contribution in [2.24, 2.45) is 0 Å². The van der Waals surface area contributed by atoms with E-state index in [1.165, 1.54) is 6.07 Å². The first-order chi connectivity index (χ1) is 6.27. The Hall–Kier alpha value is -1.55. The number of nitrogens with zero attached hydrogens (tertiary/aromatic N) is 1. The number of hydrogen-bond donors (Lipinski definition) is 1. The van der Waals surface area contributed by atoms with Crippen LogP contribution in [0.4, 0.5) is 0 Å². The van der Waals surface area contributed by atoms with Crippen molar-refractivity contribution in [2.75, 3.05) is 0 Å². The molecule has 2 aromatic rings. The normalized spacial score (nSPS) is 10.2. The molecule has 0 bridgehead atoms. The first kappa shape index (κ1) is 8.07. The zero-order valence-corrected chi connectivity index (χ0v) is 7.49. The minimum absolute atomic E-state index is 0.385. The summed E-state index contributed by atoms with van der Waals surface area (Å²) < 4.78 is 0.627. The topological polar surface area (TPSA) is 42.2 Å². The molecule has 1 N–H and O–H groups in total. The Labute approximate surface area is 78.6 Å². The van der Waals surface area contributed by atoms with Gasteiger partial charge in [0.05, 0.1) is 4.88 Å². The molecule has 1 aromatic heterocycles. The van der Waals surface area contributed by atoms with Gasteiger partial charge in [0.25, 0.3) is 5.56 Å². The smallest absolute Gasteiger partial charge is 0.295 e. The fourth-order valence-corrected chi connectivity index (χ4v) is 1.79. The molecule has 0 radical (unpaired) electrons. The van der Waals surface area contributed by atoms with Crippen molar-refractivity contribution in [3.63, 3.8) is 0 Å². The zero-order valence-electron chi connectivity index (χ0n) is 6.68. The summed E-state index contributed by atoms with van der Waals surface area (Å²) in [4.78, 5) is 11.7. The van der Waals surface area contributed by atoms with E-state index in [4.69, 9.17) is 5.21 Å². The van der Waals surface area contributed by atoms with Crippen molar-refractivity contribution in [2.45, 2.75) is 0 Å². The maximum atomic E-state index is 10.9. The Balaban J connectivity index is 2.54. The van der Waals surface area contributed by atoms with Gasteiger partial charge in [-0.1, -0.05) is 34.5 Å². The average Bonchev–Trinajstić information content (AvgIpc) is 2.49. The molecule has 4 heteroatoms. The van der Waals surface area contributed by atoms with E-state index in [1.807, 2.05) is 30.3 Å². The predicted molar refractivity (Wildman–Crippen MR) is 51.2 cm³/mol. The average molecular weight is 193 g/mol. The minimum Gasteiger partial charge on any atom is -0.415 e. The SMILES string of the molecule is O=c1cc(-c2ccccc2)sn1O. The molecule has 0 spiro atoms. The number of rotatable bonds is 1. The lowest BCUT2D eigenvalue weighted by atomic mass is 10.2. The van der Waals surface area contributed by atoms with E-state index in [9.17, 15) is 4.79 Å². The van der Waals surface area contributed by atoms with E-state index in [1.54, 1.807) is 0 Å². The fourth-order valence-electron chi connectivity index (χ4n) is 1.07. The maximum absolute atomic E-state index is 10.9. The van der Waals surface area contributed by atoms with E-state index in [0.29, 0.717) is 4.12 Å². The Morgan fingerprint density at radius 3 is 2.46 bits per heavy atom. The van der Waals surface area contributed by atoms with E-state index in [-0.39, 0.29) is 5.56 Å². The molecule has 0 fully saturated rings. The molecule has 0 saturated heterocycles. The van der Waals surface area contributed by atoms with Crippen LogP contribution >= 0.6 is 11.5 Å². The summed E-state index contributed by atoms with van der Waals surface area (Å²) in [5, 5.41) is 9.02. The van der Waals surface area contributed by atoms with E-state index in [0.717, 1.165) is 22.0 Å². The highest BCUT2D eigenvalue weighted by atomic mass is 32.1. The quantitative estimate of drug-likeness (QED) is 0.702. The second kappa shape index (κ2) is 3.06. The second-order valence-electron chi connectivity index (χ2n) is 2.58. The van der Waals surface area contributed by atoms with E-state index >= 15 is 0 Å². The molecule has 0 amide bonds. The first-order valence-electron chi connectivity index (χ1n) is 3.75.